The summed E-state index contributed by atoms with van der Waals surface area (Å²) in [5.74, 6) is 0.618. The molecule has 188 valence electrons. The molecule has 36 heavy (non-hydrogen) atoms. The first-order chi connectivity index (χ1) is 17.5. The molecule has 3 amide bonds. The van der Waals surface area contributed by atoms with Gasteiger partial charge in [-0.1, -0.05) is 24.6 Å². The van der Waals surface area contributed by atoms with Crippen molar-refractivity contribution in [2.24, 2.45) is 0 Å². The maximum Gasteiger partial charge on any atom is 0.255 e. The molecule has 6 rings (SSSR count). The summed E-state index contributed by atoms with van der Waals surface area (Å²) < 4.78 is 6.52. The lowest BCUT2D eigenvalue weighted by Crippen LogP contribution is -2.57. The number of aromatic hydroxyl groups is 1. The molecule has 3 aliphatic heterocycles. The summed E-state index contributed by atoms with van der Waals surface area (Å²) in [5, 5.41) is 12.6. The van der Waals surface area contributed by atoms with Crippen LogP contribution in [0.5, 0.6) is 11.5 Å². The number of hydrogen-bond donors (Lipinski definition) is 2. The lowest BCUT2D eigenvalue weighted by Gasteiger charge is -2.48. The number of likely N-dealkylation sites (tertiary alicyclic amines) is 1. The van der Waals surface area contributed by atoms with Gasteiger partial charge in [0.05, 0.1) is 0 Å². The molecule has 3 fully saturated rings. The van der Waals surface area contributed by atoms with Gasteiger partial charge in [0.2, 0.25) is 11.8 Å². The van der Waals surface area contributed by atoms with E-state index >= 15 is 0 Å². The Morgan fingerprint density at radius 1 is 0.972 bits per heavy atom. The van der Waals surface area contributed by atoms with Gasteiger partial charge in [-0.15, -0.1) is 0 Å². The van der Waals surface area contributed by atoms with E-state index in [0.29, 0.717) is 36.2 Å². The quantitative estimate of drug-likeness (QED) is 0.627. The average Bonchev–Trinajstić information content (AvgIpc) is 3.16. The molecular weight excluding hydrogens is 458 g/mol. The van der Waals surface area contributed by atoms with Crippen molar-refractivity contribution in [3.63, 3.8) is 0 Å². The lowest BCUT2D eigenvalue weighted by molar-refractivity contribution is -0.136. The Bertz CT molecular complexity index is 1210. The lowest BCUT2D eigenvalue weighted by atomic mass is 9.84. The van der Waals surface area contributed by atoms with Crippen LogP contribution in [0.15, 0.2) is 42.5 Å². The van der Waals surface area contributed by atoms with E-state index in [1.165, 1.54) is 6.42 Å². The van der Waals surface area contributed by atoms with Crippen molar-refractivity contribution in [1.29, 1.82) is 0 Å². The van der Waals surface area contributed by atoms with Gasteiger partial charge in [0.25, 0.3) is 5.91 Å². The Morgan fingerprint density at radius 2 is 1.78 bits per heavy atom. The second kappa shape index (κ2) is 9.24. The summed E-state index contributed by atoms with van der Waals surface area (Å²) in [6, 6.07) is 12.9. The van der Waals surface area contributed by atoms with Crippen molar-refractivity contribution in [2.45, 2.75) is 69.2 Å². The summed E-state index contributed by atoms with van der Waals surface area (Å²) in [6.07, 6.45) is 5.06. The molecular formula is C28H31N3O5. The van der Waals surface area contributed by atoms with Gasteiger partial charge in [-0.2, -0.15) is 0 Å². The summed E-state index contributed by atoms with van der Waals surface area (Å²) in [6.45, 7) is 2.18. The SMILES string of the molecule is O=C1CCC(N2Cc3cc(OC4CCCC[C@@H]4N4CC(c5ccccc5O)C4)ccc3C2=O)C(=O)N1. The average molecular weight is 490 g/mol. The molecule has 8 nitrogen and oxygen atoms in total. The van der Waals surface area contributed by atoms with Crippen LogP contribution in [0, 0.1) is 0 Å². The van der Waals surface area contributed by atoms with Gasteiger partial charge in [0.15, 0.2) is 0 Å². The fourth-order valence-corrected chi connectivity index (χ4v) is 6.24. The molecule has 2 aromatic carbocycles. The van der Waals surface area contributed by atoms with E-state index in [1.807, 2.05) is 30.3 Å². The molecule has 4 aliphatic rings. The minimum absolute atomic E-state index is 0.0745. The highest BCUT2D eigenvalue weighted by molar-refractivity contribution is 6.05. The van der Waals surface area contributed by atoms with E-state index in [4.69, 9.17) is 4.74 Å². The van der Waals surface area contributed by atoms with Crippen molar-refractivity contribution < 1.29 is 24.2 Å². The summed E-state index contributed by atoms with van der Waals surface area (Å²) in [4.78, 5) is 40.8. The van der Waals surface area contributed by atoms with E-state index in [-0.39, 0.29) is 24.3 Å². The number of fused-ring (bicyclic) bond motifs is 1. The second-order valence-corrected chi connectivity index (χ2v) is 10.4. The van der Waals surface area contributed by atoms with Crippen LogP contribution >= 0.6 is 0 Å². The number of carbonyl (C=O) groups is 3. The Balaban J connectivity index is 1.12. The van der Waals surface area contributed by atoms with Gasteiger partial charge < -0.3 is 14.7 Å². The molecule has 0 bridgehead atoms. The number of amides is 3. The Hall–Kier alpha value is -3.39. The molecule has 3 heterocycles. The first-order valence-corrected chi connectivity index (χ1v) is 12.9. The van der Waals surface area contributed by atoms with E-state index in [9.17, 15) is 19.5 Å². The number of nitrogens with zero attached hydrogens (tertiary/aromatic N) is 2. The Labute approximate surface area is 210 Å². The van der Waals surface area contributed by atoms with Crippen LogP contribution in [-0.4, -0.2) is 63.9 Å². The standard InChI is InChI=1S/C28H31N3O5/c32-24-7-3-1-5-20(24)18-14-30(15-18)22-6-2-4-8-25(22)36-19-9-10-21-17(13-19)16-31(28(21)35)23-11-12-26(33)29-27(23)34/h1,3,5,7,9-10,13,18,22-23,25,32H,2,4,6,8,11-12,14-16H2,(H,29,33,34)/t22-,23?,25?/m0/s1. The van der Waals surface area contributed by atoms with Crippen LogP contribution in [0.1, 0.15) is 65.9 Å². The van der Waals surface area contributed by atoms with E-state index in [1.54, 1.807) is 17.0 Å². The third-order valence-corrected chi connectivity index (χ3v) is 8.21. The van der Waals surface area contributed by atoms with Crippen molar-refractivity contribution in [2.75, 3.05) is 13.1 Å². The zero-order valence-electron chi connectivity index (χ0n) is 20.2. The molecule has 0 radical (unpaired) electrons. The fraction of sp³-hybridized carbons (Fsp3) is 0.464. The van der Waals surface area contributed by atoms with Crippen LogP contribution in [0.25, 0.3) is 0 Å². The van der Waals surface area contributed by atoms with Gasteiger partial charge in [-0.25, -0.2) is 0 Å². The number of nitrogens with one attached hydrogen (secondary N) is 1. The van der Waals surface area contributed by atoms with Crippen LogP contribution in [-0.2, 0) is 16.1 Å². The number of imide groups is 1. The van der Waals surface area contributed by atoms with Crippen LogP contribution in [0.4, 0.5) is 0 Å². The summed E-state index contributed by atoms with van der Waals surface area (Å²) >= 11 is 0. The maximum absolute atomic E-state index is 13.0. The van der Waals surface area contributed by atoms with Gasteiger partial charge in [0, 0.05) is 43.6 Å². The highest BCUT2D eigenvalue weighted by atomic mass is 16.5. The number of ether oxygens (including phenoxy) is 1. The Kier molecular flexibility index (Phi) is 5.91. The number of piperidine rings is 1. The number of phenolic OH excluding ortho intramolecular Hbond substituents is 1. The van der Waals surface area contributed by atoms with Crippen molar-refractivity contribution in [1.82, 2.24) is 15.1 Å². The largest absolute Gasteiger partial charge is 0.508 e. The molecule has 1 aliphatic carbocycles. The minimum Gasteiger partial charge on any atom is -0.508 e. The predicted octanol–water partition coefficient (Wildman–Crippen LogP) is 2.94. The molecule has 2 unspecified atom stereocenters. The number of hydrogen-bond acceptors (Lipinski definition) is 6. The highest BCUT2D eigenvalue weighted by Crippen LogP contribution is 2.38. The van der Waals surface area contributed by atoms with Crippen LogP contribution < -0.4 is 10.1 Å². The summed E-state index contributed by atoms with van der Waals surface area (Å²) in [5.41, 5.74) is 2.48. The number of rotatable bonds is 5. The van der Waals surface area contributed by atoms with Gasteiger partial charge >= 0.3 is 0 Å². The topological polar surface area (TPSA) is 99.2 Å². The normalized spacial score (nSPS) is 26.9. The van der Waals surface area contributed by atoms with E-state index < -0.39 is 11.9 Å². The molecule has 3 atom stereocenters. The molecule has 2 saturated heterocycles. The smallest absolute Gasteiger partial charge is 0.255 e. The molecule has 2 N–H and O–H groups in total. The maximum atomic E-state index is 13.0. The molecule has 2 aromatic rings. The third kappa shape index (κ3) is 4.13. The first-order valence-electron chi connectivity index (χ1n) is 12.9. The van der Waals surface area contributed by atoms with Gasteiger partial charge in [-0.3, -0.25) is 24.6 Å². The second-order valence-electron chi connectivity index (χ2n) is 10.4. The number of carbonyl (C=O) groups excluding carboxylic acids is 3. The monoisotopic (exact) mass is 489 g/mol. The zero-order chi connectivity index (χ0) is 24.8. The van der Waals surface area contributed by atoms with Crippen molar-refractivity contribution in [3.8, 4) is 11.5 Å². The molecule has 8 heteroatoms. The van der Waals surface area contributed by atoms with Crippen molar-refractivity contribution >= 4 is 17.7 Å². The van der Waals surface area contributed by atoms with Gasteiger partial charge in [0.1, 0.15) is 23.6 Å². The highest BCUT2D eigenvalue weighted by Gasteiger charge is 2.41. The first kappa shape index (κ1) is 23.0. The van der Waals surface area contributed by atoms with E-state index in [0.717, 1.165) is 49.2 Å². The third-order valence-electron chi connectivity index (χ3n) is 8.21. The molecule has 0 aromatic heterocycles. The number of phenols is 1. The predicted molar refractivity (Wildman–Crippen MR) is 132 cm³/mol. The van der Waals surface area contributed by atoms with Crippen LogP contribution in [0.3, 0.4) is 0 Å². The molecule has 0 spiro atoms. The van der Waals surface area contributed by atoms with E-state index in [2.05, 4.69) is 10.2 Å². The van der Waals surface area contributed by atoms with Gasteiger partial charge in [-0.05, 0) is 61.1 Å². The minimum atomic E-state index is -0.613. The number of para-hydroxylation sites is 1. The number of benzene rings is 2. The van der Waals surface area contributed by atoms with Crippen LogP contribution in [0.2, 0.25) is 0 Å². The zero-order valence-corrected chi connectivity index (χ0v) is 20.2. The summed E-state index contributed by atoms with van der Waals surface area (Å²) in [7, 11) is 0. The molecule has 1 saturated carbocycles. The fourth-order valence-electron chi connectivity index (χ4n) is 6.24. The Morgan fingerprint density at radius 3 is 2.58 bits per heavy atom. The van der Waals surface area contributed by atoms with Crippen molar-refractivity contribution in [3.05, 3.63) is 59.2 Å².